The Kier molecular flexibility index (Phi) is 41.4. The van der Waals surface area contributed by atoms with Gasteiger partial charge in [-0.1, -0.05) is 121 Å². The van der Waals surface area contributed by atoms with Crippen LogP contribution >= 0.6 is 0 Å². The maximum Gasteiger partial charge on any atom is 0.0566 e. The zero-order valence-electron chi connectivity index (χ0n) is 20.2. The van der Waals surface area contributed by atoms with Crippen molar-refractivity contribution in [1.29, 1.82) is 0 Å². The van der Waals surface area contributed by atoms with E-state index in [1.165, 1.54) is 51.4 Å². The molecule has 0 aromatic carbocycles. The SMILES string of the molecule is CCC(C)C.CCC(CC)OC.CCCC(C)C.CCCCCCC. The van der Waals surface area contributed by atoms with Crippen molar-refractivity contribution in [3.63, 3.8) is 0 Å². The molecule has 0 N–H and O–H groups in total. The summed E-state index contributed by atoms with van der Waals surface area (Å²) in [5.74, 6) is 1.78. The van der Waals surface area contributed by atoms with Gasteiger partial charge in [-0.15, -0.1) is 0 Å². The molecule has 0 amide bonds. The van der Waals surface area contributed by atoms with Crippen molar-refractivity contribution in [2.75, 3.05) is 7.11 Å². The van der Waals surface area contributed by atoms with Crippen molar-refractivity contribution in [1.82, 2.24) is 0 Å². The summed E-state index contributed by atoms with van der Waals surface area (Å²) in [5.41, 5.74) is 0. The Hall–Kier alpha value is -0.0400. The van der Waals surface area contributed by atoms with Gasteiger partial charge in [-0.05, 0) is 24.7 Å². The summed E-state index contributed by atoms with van der Waals surface area (Å²) in [6.45, 7) is 22.1. The third-order valence-electron chi connectivity index (χ3n) is 4.13. The molecule has 0 aliphatic rings. The van der Waals surface area contributed by atoms with E-state index in [1.54, 1.807) is 7.11 Å². The fourth-order valence-electron chi connectivity index (χ4n) is 1.88. The topological polar surface area (TPSA) is 9.23 Å². The van der Waals surface area contributed by atoms with Crippen molar-refractivity contribution in [3.8, 4) is 0 Å². The Morgan fingerprint density at radius 3 is 1.04 bits per heavy atom. The second-order valence-electron chi connectivity index (χ2n) is 7.72. The second kappa shape index (κ2) is 31.7. The van der Waals surface area contributed by atoms with Gasteiger partial charge >= 0.3 is 0 Å². The van der Waals surface area contributed by atoms with Crippen LogP contribution in [-0.2, 0) is 4.74 Å². The maximum atomic E-state index is 5.05. The number of unbranched alkanes of at least 4 members (excludes halogenated alkanes) is 4. The maximum absolute atomic E-state index is 5.05. The number of hydrogen-bond acceptors (Lipinski definition) is 1. The first kappa shape index (κ1) is 32.6. The first-order chi connectivity index (χ1) is 11.8. The van der Waals surface area contributed by atoms with Crippen molar-refractivity contribution in [2.45, 2.75) is 140 Å². The summed E-state index contributed by atoms with van der Waals surface area (Å²) in [6.07, 6.45) is 13.8. The standard InChI is InChI=1S/C7H16.C6H14O.C6H14.C5H12/c1-3-5-7-6-4-2;1-4-6(5-2)7-3;1-4-5-6(2)3;1-4-5(2)3/h3-7H2,1-2H3;6H,4-5H2,1-3H3;6H,4-5H2,1-3H3;5H,4H2,1-3H3. The lowest BCUT2D eigenvalue weighted by Gasteiger charge is -2.07. The number of hydrogen-bond donors (Lipinski definition) is 0. The van der Waals surface area contributed by atoms with Gasteiger partial charge in [0.1, 0.15) is 0 Å². The minimum Gasteiger partial charge on any atom is -0.381 e. The van der Waals surface area contributed by atoms with E-state index < -0.39 is 0 Å². The molecule has 0 aromatic heterocycles. The highest BCUT2D eigenvalue weighted by Crippen LogP contribution is 2.01. The first-order valence-corrected chi connectivity index (χ1v) is 11.3. The van der Waals surface area contributed by atoms with Gasteiger partial charge in [0.25, 0.3) is 0 Å². The lowest BCUT2D eigenvalue weighted by atomic mass is 10.1. The van der Waals surface area contributed by atoms with Crippen LogP contribution in [0.25, 0.3) is 0 Å². The molecular formula is C24H56O. The minimum atomic E-state index is 0.486. The number of ether oxygens (including phenoxy) is 1. The minimum absolute atomic E-state index is 0.486. The normalized spacial score (nSPS) is 9.84. The van der Waals surface area contributed by atoms with Crippen molar-refractivity contribution >= 4 is 0 Å². The van der Waals surface area contributed by atoms with Gasteiger partial charge in [0.05, 0.1) is 6.10 Å². The van der Waals surface area contributed by atoms with Crippen LogP contribution in [0.2, 0.25) is 0 Å². The Morgan fingerprint density at radius 1 is 0.560 bits per heavy atom. The van der Waals surface area contributed by atoms with Gasteiger partial charge < -0.3 is 4.74 Å². The fraction of sp³-hybridized carbons (Fsp3) is 1.00. The Morgan fingerprint density at radius 2 is 0.960 bits per heavy atom. The molecule has 1 heteroatoms. The van der Waals surface area contributed by atoms with E-state index in [1.807, 2.05) is 0 Å². The smallest absolute Gasteiger partial charge is 0.0566 e. The van der Waals surface area contributed by atoms with Crippen LogP contribution in [0.3, 0.4) is 0 Å². The lowest BCUT2D eigenvalue weighted by Crippen LogP contribution is -2.05. The molecule has 0 atom stereocenters. The number of rotatable bonds is 10. The molecule has 0 rings (SSSR count). The molecule has 158 valence electrons. The van der Waals surface area contributed by atoms with E-state index in [2.05, 4.69) is 69.2 Å². The molecule has 0 aliphatic heterocycles. The second-order valence-corrected chi connectivity index (χ2v) is 7.72. The summed E-state index contributed by atoms with van der Waals surface area (Å²) >= 11 is 0. The molecule has 0 fully saturated rings. The average Bonchev–Trinajstić information content (AvgIpc) is 2.58. The fourth-order valence-corrected chi connectivity index (χ4v) is 1.88. The summed E-state index contributed by atoms with van der Waals surface area (Å²) in [4.78, 5) is 0. The molecule has 0 aromatic rings. The zero-order valence-corrected chi connectivity index (χ0v) is 20.2. The summed E-state index contributed by atoms with van der Waals surface area (Å²) in [6, 6.07) is 0. The molecule has 0 saturated heterocycles. The van der Waals surface area contributed by atoms with Gasteiger partial charge in [0, 0.05) is 7.11 Å². The van der Waals surface area contributed by atoms with Crippen LogP contribution in [0, 0.1) is 11.8 Å². The van der Waals surface area contributed by atoms with Crippen LogP contribution in [0.15, 0.2) is 0 Å². The molecule has 0 bridgehead atoms. The Labute approximate surface area is 163 Å². The summed E-state index contributed by atoms with van der Waals surface area (Å²) < 4.78 is 5.05. The zero-order chi connectivity index (χ0) is 20.5. The first-order valence-electron chi connectivity index (χ1n) is 11.3. The van der Waals surface area contributed by atoms with Crippen molar-refractivity contribution in [3.05, 3.63) is 0 Å². The molecule has 0 saturated carbocycles. The highest BCUT2D eigenvalue weighted by Gasteiger charge is 1.96. The van der Waals surface area contributed by atoms with Gasteiger partial charge in [0.15, 0.2) is 0 Å². The van der Waals surface area contributed by atoms with Crippen LogP contribution < -0.4 is 0 Å². The molecule has 1 nitrogen and oxygen atoms in total. The van der Waals surface area contributed by atoms with Crippen LogP contribution in [0.5, 0.6) is 0 Å². The Bertz CT molecular complexity index is 161. The quantitative estimate of drug-likeness (QED) is 0.352. The molecular weight excluding hydrogens is 304 g/mol. The summed E-state index contributed by atoms with van der Waals surface area (Å²) in [7, 11) is 1.76. The molecule has 25 heavy (non-hydrogen) atoms. The Balaban J connectivity index is -0.000000119. The lowest BCUT2D eigenvalue weighted by molar-refractivity contribution is 0.0964. The van der Waals surface area contributed by atoms with Crippen LogP contribution in [0.1, 0.15) is 133 Å². The van der Waals surface area contributed by atoms with E-state index in [4.69, 9.17) is 4.74 Å². The summed E-state index contributed by atoms with van der Waals surface area (Å²) in [5, 5.41) is 0. The highest BCUT2D eigenvalue weighted by molar-refractivity contribution is 4.47. The molecule has 0 radical (unpaired) electrons. The largest absolute Gasteiger partial charge is 0.381 e. The van der Waals surface area contributed by atoms with E-state index in [0.717, 1.165) is 24.7 Å². The predicted octanol–water partition coefficient (Wildman–Crippen LogP) is 9.29. The molecule has 0 aliphatic carbocycles. The van der Waals surface area contributed by atoms with Gasteiger partial charge in [-0.2, -0.15) is 0 Å². The van der Waals surface area contributed by atoms with E-state index in [0.29, 0.717) is 6.10 Å². The van der Waals surface area contributed by atoms with Crippen molar-refractivity contribution < 1.29 is 4.74 Å². The van der Waals surface area contributed by atoms with E-state index in [-0.39, 0.29) is 0 Å². The van der Waals surface area contributed by atoms with Crippen LogP contribution in [0.4, 0.5) is 0 Å². The van der Waals surface area contributed by atoms with Crippen LogP contribution in [-0.4, -0.2) is 13.2 Å². The molecule has 0 unspecified atom stereocenters. The monoisotopic (exact) mass is 360 g/mol. The van der Waals surface area contributed by atoms with E-state index >= 15 is 0 Å². The van der Waals surface area contributed by atoms with Gasteiger partial charge in [-0.3, -0.25) is 0 Å². The molecule has 0 spiro atoms. The third kappa shape index (κ3) is 51.6. The number of methoxy groups -OCH3 is 1. The average molecular weight is 361 g/mol. The van der Waals surface area contributed by atoms with E-state index in [9.17, 15) is 0 Å². The molecule has 0 heterocycles. The van der Waals surface area contributed by atoms with Crippen molar-refractivity contribution in [2.24, 2.45) is 11.8 Å². The van der Waals surface area contributed by atoms with Gasteiger partial charge in [0.2, 0.25) is 0 Å². The highest BCUT2D eigenvalue weighted by atomic mass is 16.5. The predicted molar refractivity (Wildman–Crippen MR) is 121 cm³/mol. The third-order valence-corrected chi connectivity index (χ3v) is 4.13. The van der Waals surface area contributed by atoms with Gasteiger partial charge in [-0.25, -0.2) is 0 Å².